The summed E-state index contributed by atoms with van der Waals surface area (Å²) in [6.45, 7) is 2.88. The highest BCUT2D eigenvalue weighted by Gasteiger charge is 2.45. The molecule has 45 heavy (non-hydrogen) atoms. The number of hydrogen-bond donors (Lipinski definition) is 2. The van der Waals surface area contributed by atoms with Crippen LogP contribution in [0.4, 0.5) is 0 Å². The van der Waals surface area contributed by atoms with E-state index in [9.17, 15) is 19.8 Å². The van der Waals surface area contributed by atoms with Crippen molar-refractivity contribution in [1.29, 1.82) is 0 Å². The van der Waals surface area contributed by atoms with E-state index in [0.29, 0.717) is 11.5 Å². The molecule has 8 nitrogen and oxygen atoms in total. The van der Waals surface area contributed by atoms with Crippen LogP contribution in [0.5, 0.6) is 11.5 Å². The normalized spacial score (nSPS) is 14.4. The molecule has 0 fully saturated rings. The van der Waals surface area contributed by atoms with Crippen molar-refractivity contribution in [2.45, 2.75) is 31.5 Å². The Morgan fingerprint density at radius 3 is 1.38 bits per heavy atom. The molecule has 5 rings (SSSR count). The molecule has 4 aromatic carbocycles. The number of rotatable bonds is 12. The van der Waals surface area contributed by atoms with Crippen LogP contribution in [0.3, 0.4) is 0 Å². The third kappa shape index (κ3) is 6.98. The number of benzene rings is 4. The second kappa shape index (κ2) is 14.1. The van der Waals surface area contributed by atoms with Gasteiger partial charge in [0.2, 0.25) is 0 Å². The monoisotopic (exact) mass is 606 g/mol. The highest BCUT2D eigenvalue weighted by Crippen LogP contribution is 2.56. The molecule has 0 bridgehead atoms. The Balaban J connectivity index is 1.46. The van der Waals surface area contributed by atoms with Crippen LogP contribution in [0.15, 0.2) is 122 Å². The second-order valence-corrected chi connectivity index (χ2v) is 10.7. The molecule has 0 aliphatic heterocycles. The smallest absolute Gasteiger partial charge is 0.333 e. The predicted molar refractivity (Wildman–Crippen MR) is 169 cm³/mol. The topological polar surface area (TPSA) is 112 Å². The summed E-state index contributed by atoms with van der Waals surface area (Å²) in [5, 5.41) is 18.6. The first-order chi connectivity index (χ1) is 21.8. The van der Waals surface area contributed by atoms with Gasteiger partial charge in [-0.15, -0.1) is 0 Å². The lowest BCUT2D eigenvalue weighted by Gasteiger charge is -2.34. The van der Waals surface area contributed by atoms with E-state index in [4.69, 9.17) is 18.9 Å². The third-order valence-corrected chi connectivity index (χ3v) is 7.28. The Hall–Kier alpha value is -5.18. The SMILES string of the molecule is CC(O)COC(=O)/C=C/Oc1ccc(C2(c3ccc(O/C=C/C(=O)OCC(C)O)cc3)c3ccccc3-c3ccccc32)cc1. The number of carbonyl (C=O) groups is 2. The molecule has 0 radical (unpaired) electrons. The van der Waals surface area contributed by atoms with Gasteiger partial charge in [0.1, 0.15) is 24.7 Å². The predicted octanol–water partition coefficient (Wildman–Crippen LogP) is 5.68. The van der Waals surface area contributed by atoms with Crippen LogP contribution in [0, 0.1) is 0 Å². The lowest BCUT2D eigenvalue weighted by Crippen LogP contribution is -2.28. The van der Waals surface area contributed by atoms with Crippen LogP contribution in [0.25, 0.3) is 11.1 Å². The highest BCUT2D eigenvalue weighted by atomic mass is 16.5. The molecule has 8 heteroatoms. The molecule has 2 atom stereocenters. The van der Waals surface area contributed by atoms with Crippen LogP contribution in [0.2, 0.25) is 0 Å². The zero-order chi connectivity index (χ0) is 31.8. The van der Waals surface area contributed by atoms with Crippen molar-refractivity contribution in [2.75, 3.05) is 13.2 Å². The van der Waals surface area contributed by atoms with E-state index in [0.717, 1.165) is 33.4 Å². The summed E-state index contributed by atoms with van der Waals surface area (Å²) in [6.07, 6.45) is 3.36. The summed E-state index contributed by atoms with van der Waals surface area (Å²) in [6, 6.07) is 32.2. The first-order valence-electron chi connectivity index (χ1n) is 14.6. The first-order valence-corrected chi connectivity index (χ1v) is 14.6. The van der Waals surface area contributed by atoms with Gasteiger partial charge in [-0.3, -0.25) is 0 Å². The van der Waals surface area contributed by atoms with E-state index in [-0.39, 0.29) is 13.2 Å². The number of fused-ring (bicyclic) bond motifs is 3. The minimum Gasteiger partial charge on any atom is -0.465 e. The van der Waals surface area contributed by atoms with Gasteiger partial charge in [-0.05, 0) is 71.5 Å². The molecule has 0 heterocycles. The Morgan fingerprint density at radius 2 is 1.00 bits per heavy atom. The van der Waals surface area contributed by atoms with Gasteiger partial charge in [0, 0.05) is 0 Å². The minimum atomic E-state index is -0.743. The molecule has 0 saturated carbocycles. The summed E-state index contributed by atoms with van der Waals surface area (Å²) in [5.41, 5.74) is 5.94. The summed E-state index contributed by atoms with van der Waals surface area (Å²) in [5.74, 6) is -0.138. The number of carbonyl (C=O) groups excluding carboxylic acids is 2. The van der Waals surface area contributed by atoms with Gasteiger partial charge in [-0.2, -0.15) is 0 Å². The van der Waals surface area contributed by atoms with Crippen LogP contribution >= 0.6 is 0 Å². The van der Waals surface area contributed by atoms with E-state index >= 15 is 0 Å². The summed E-state index contributed by atoms with van der Waals surface area (Å²) < 4.78 is 21.2. The van der Waals surface area contributed by atoms with Crippen LogP contribution in [-0.4, -0.2) is 47.6 Å². The standard InChI is InChI=1S/C37H34O8/c1-25(38)23-44-35(40)19-21-42-29-15-11-27(12-16-29)37(33-9-5-3-7-31(33)32-8-4-6-10-34(32)37)28-13-17-30(18-14-28)43-22-20-36(41)45-24-26(2)39/h3-22,25-26,38-39H,23-24H2,1-2H3/b21-19+,22-20+. The molecule has 4 aromatic rings. The van der Waals surface area contributed by atoms with Crippen LogP contribution in [0.1, 0.15) is 36.1 Å². The van der Waals surface area contributed by atoms with Crippen molar-refractivity contribution in [3.8, 4) is 22.6 Å². The summed E-state index contributed by atoms with van der Waals surface area (Å²) in [4.78, 5) is 23.6. The van der Waals surface area contributed by atoms with E-state index in [2.05, 4.69) is 24.3 Å². The number of esters is 2. The Morgan fingerprint density at radius 1 is 0.622 bits per heavy atom. The maximum atomic E-state index is 11.8. The van der Waals surface area contributed by atoms with Crippen molar-refractivity contribution in [3.63, 3.8) is 0 Å². The molecule has 0 aromatic heterocycles. The molecular weight excluding hydrogens is 572 g/mol. The average Bonchev–Trinajstić information content (AvgIpc) is 3.35. The quantitative estimate of drug-likeness (QED) is 0.106. The fourth-order valence-electron chi connectivity index (χ4n) is 5.43. The zero-order valence-electron chi connectivity index (χ0n) is 25.0. The average molecular weight is 607 g/mol. The zero-order valence-corrected chi connectivity index (χ0v) is 25.0. The summed E-state index contributed by atoms with van der Waals surface area (Å²) >= 11 is 0. The van der Waals surface area contributed by atoms with Crippen LogP contribution in [-0.2, 0) is 24.5 Å². The largest absolute Gasteiger partial charge is 0.465 e. The molecular formula is C37H34O8. The third-order valence-electron chi connectivity index (χ3n) is 7.28. The fourth-order valence-corrected chi connectivity index (χ4v) is 5.43. The number of hydrogen-bond acceptors (Lipinski definition) is 8. The van der Waals surface area contributed by atoms with Crippen molar-refractivity contribution < 1.29 is 38.7 Å². The molecule has 0 saturated heterocycles. The molecule has 0 spiro atoms. The number of ether oxygens (including phenoxy) is 4. The van der Waals surface area contributed by atoms with Crippen molar-refractivity contribution in [2.24, 2.45) is 0 Å². The fraction of sp³-hybridized carbons (Fsp3) is 0.189. The van der Waals surface area contributed by atoms with Gasteiger partial charge in [-0.1, -0.05) is 72.8 Å². The lowest BCUT2D eigenvalue weighted by atomic mass is 9.68. The van der Waals surface area contributed by atoms with E-state index in [1.165, 1.54) is 38.5 Å². The Labute approximate surface area is 261 Å². The maximum Gasteiger partial charge on any atom is 0.333 e. The van der Waals surface area contributed by atoms with Crippen molar-refractivity contribution in [3.05, 3.63) is 144 Å². The van der Waals surface area contributed by atoms with Gasteiger partial charge in [0.25, 0.3) is 0 Å². The second-order valence-electron chi connectivity index (χ2n) is 10.7. The Bertz CT molecular complexity index is 1560. The van der Waals surface area contributed by atoms with Crippen molar-refractivity contribution in [1.82, 2.24) is 0 Å². The van der Waals surface area contributed by atoms with Gasteiger partial charge in [-0.25, -0.2) is 9.59 Å². The molecule has 0 amide bonds. The number of aliphatic hydroxyl groups excluding tert-OH is 2. The molecule has 230 valence electrons. The van der Waals surface area contributed by atoms with E-state index in [1.807, 2.05) is 72.8 Å². The number of aliphatic hydroxyl groups is 2. The van der Waals surface area contributed by atoms with Gasteiger partial charge >= 0.3 is 11.9 Å². The molecule has 2 unspecified atom stereocenters. The minimum absolute atomic E-state index is 0.0911. The lowest BCUT2D eigenvalue weighted by molar-refractivity contribution is -0.141. The van der Waals surface area contributed by atoms with Gasteiger partial charge < -0.3 is 29.2 Å². The van der Waals surface area contributed by atoms with Crippen LogP contribution < -0.4 is 9.47 Å². The molecule has 1 aliphatic rings. The maximum absolute atomic E-state index is 11.8. The first kappa shape index (κ1) is 31.3. The summed E-state index contributed by atoms with van der Waals surface area (Å²) in [7, 11) is 0. The molecule has 1 aliphatic carbocycles. The van der Waals surface area contributed by atoms with E-state index < -0.39 is 29.6 Å². The highest BCUT2D eigenvalue weighted by molar-refractivity contribution is 5.86. The molecule has 2 N–H and O–H groups in total. The van der Waals surface area contributed by atoms with E-state index in [1.54, 1.807) is 0 Å². The Kier molecular flexibility index (Phi) is 9.77. The van der Waals surface area contributed by atoms with Gasteiger partial charge in [0.05, 0.1) is 42.3 Å². The van der Waals surface area contributed by atoms with Gasteiger partial charge in [0.15, 0.2) is 0 Å². The van der Waals surface area contributed by atoms with Crippen molar-refractivity contribution >= 4 is 11.9 Å².